The van der Waals surface area contributed by atoms with Gasteiger partial charge in [-0.25, -0.2) is 9.59 Å². The number of nitrogens with one attached hydrogen (secondary N) is 3. The molecule has 4 rings (SSSR count). The van der Waals surface area contributed by atoms with Crippen LogP contribution in [0.2, 0.25) is 0 Å². The van der Waals surface area contributed by atoms with Crippen LogP contribution in [0.15, 0.2) is 40.7 Å². The molecule has 4 amide bonds. The summed E-state index contributed by atoms with van der Waals surface area (Å²) < 4.78 is 0. The SMILES string of the molecule is CC(Sc1nn[nH]n1)C1=C(C(=O)O)N2C(=O)C(NC(=O)C(N)c3cccc(NC(N)=O)c3)[C@@H]2SC1. The number of aliphatic carboxylic acids is 1. The van der Waals surface area contributed by atoms with Crippen molar-refractivity contribution in [2.45, 2.75) is 34.8 Å². The average molecular weight is 520 g/mol. The van der Waals surface area contributed by atoms with E-state index in [0.717, 1.165) is 0 Å². The van der Waals surface area contributed by atoms with Crippen LogP contribution in [0.5, 0.6) is 0 Å². The number of rotatable bonds is 8. The number of aromatic nitrogens is 4. The van der Waals surface area contributed by atoms with Crippen molar-refractivity contribution in [1.29, 1.82) is 0 Å². The van der Waals surface area contributed by atoms with Crippen LogP contribution in [0.4, 0.5) is 10.5 Å². The third-order valence-electron chi connectivity index (χ3n) is 5.39. The Labute approximate surface area is 206 Å². The maximum atomic E-state index is 12.9. The van der Waals surface area contributed by atoms with Gasteiger partial charge in [-0.1, -0.05) is 23.9 Å². The smallest absolute Gasteiger partial charge is 0.352 e. The van der Waals surface area contributed by atoms with Gasteiger partial charge in [0.25, 0.3) is 5.91 Å². The number of carbonyl (C=O) groups is 4. The van der Waals surface area contributed by atoms with E-state index in [1.165, 1.54) is 34.5 Å². The maximum absolute atomic E-state index is 12.9. The fourth-order valence-corrected chi connectivity index (χ4v) is 6.14. The maximum Gasteiger partial charge on any atom is 0.352 e. The molecular formula is C19H21N9O5S2. The van der Waals surface area contributed by atoms with Crippen LogP contribution in [-0.2, 0) is 14.4 Å². The number of anilines is 1. The minimum absolute atomic E-state index is 0.109. The zero-order valence-corrected chi connectivity index (χ0v) is 19.8. The summed E-state index contributed by atoms with van der Waals surface area (Å²) in [6.07, 6.45) is 0. The van der Waals surface area contributed by atoms with Crippen LogP contribution in [0.3, 0.4) is 0 Å². The van der Waals surface area contributed by atoms with Gasteiger partial charge < -0.3 is 27.2 Å². The molecule has 0 spiro atoms. The monoisotopic (exact) mass is 519 g/mol. The molecule has 0 radical (unpaired) electrons. The summed E-state index contributed by atoms with van der Waals surface area (Å²) in [5, 5.41) is 27.9. The molecule has 1 aromatic carbocycles. The Kier molecular flexibility index (Phi) is 6.95. The number of nitrogens with zero attached hydrogens (tertiary/aromatic N) is 4. The Morgan fingerprint density at radius 1 is 1.37 bits per heavy atom. The van der Waals surface area contributed by atoms with E-state index in [9.17, 15) is 24.3 Å². The number of aromatic amines is 1. The van der Waals surface area contributed by atoms with Crippen LogP contribution < -0.4 is 22.1 Å². The number of primary amides is 1. The zero-order chi connectivity index (χ0) is 25.3. The number of fused-ring (bicyclic) bond motifs is 1. The van der Waals surface area contributed by atoms with Crippen LogP contribution >= 0.6 is 23.5 Å². The molecule has 1 aromatic heterocycles. The predicted octanol–water partition coefficient (Wildman–Crippen LogP) is -0.390. The Morgan fingerprint density at radius 2 is 2.14 bits per heavy atom. The van der Waals surface area contributed by atoms with Crippen molar-refractivity contribution < 1.29 is 24.3 Å². The van der Waals surface area contributed by atoms with Gasteiger partial charge in [0.05, 0.1) is 0 Å². The second kappa shape index (κ2) is 9.93. The first-order chi connectivity index (χ1) is 16.7. The van der Waals surface area contributed by atoms with Crippen LogP contribution in [-0.4, -0.2) is 76.9 Å². The first-order valence-electron chi connectivity index (χ1n) is 10.2. The highest BCUT2D eigenvalue weighted by Crippen LogP contribution is 2.43. The van der Waals surface area contributed by atoms with Gasteiger partial charge in [0.1, 0.15) is 23.2 Å². The van der Waals surface area contributed by atoms with E-state index >= 15 is 0 Å². The minimum atomic E-state index is -1.24. The van der Waals surface area contributed by atoms with Crippen molar-refractivity contribution in [3.63, 3.8) is 0 Å². The summed E-state index contributed by atoms with van der Waals surface area (Å²) in [6.45, 7) is 1.80. The Bertz CT molecular complexity index is 1210. The molecule has 2 aromatic rings. The summed E-state index contributed by atoms with van der Waals surface area (Å²) in [5.41, 5.74) is 12.4. The number of carbonyl (C=O) groups excluding carboxylic acids is 3. The number of carboxylic acid groups (broad SMARTS) is 1. The van der Waals surface area contributed by atoms with E-state index in [0.29, 0.717) is 27.7 Å². The van der Waals surface area contributed by atoms with E-state index < -0.39 is 41.3 Å². The van der Waals surface area contributed by atoms with Gasteiger partial charge in [0, 0.05) is 16.7 Å². The van der Waals surface area contributed by atoms with Crippen LogP contribution in [0.1, 0.15) is 18.5 Å². The molecule has 0 bridgehead atoms. The molecule has 4 atom stereocenters. The van der Waals surface area contributed by atoms with Crippen molar-refractivity contribution in [1.82, 2.24) is 30.8 Å². The van der Waals surface area contributed by atoms with Crippen molar-refractivity contribution >= 4 is 53.0 Å². The standard InChI is InChI=1S/C19H21N9O5S2/c1-7(35-19-24-26-27-25-19)10-6-34-16-12(15(30)28(16)13(10)17(31)32)23-14(29)11(20)8-3-2-4-9(5-8)22-18(21)33/h2-5,7,11-12,16H,6,20H2,1H3,(H,23,29)(H,31,32)(H3,21,22,33)(H,24,25,26,27)/t7?,11?,12?,16-/m0/s1. The topological polar surface area (TPSA) is 222 Å². The normalized spacial score (nSPS) is 21.0. The van der Waals surface area contributed by atoms with E-state index in [-0.39, 0.29) is 10.9 Å². The van der Waals surface area contributed by atoms with Crippen LogP contribution in [0, 0.1) is 0 Å². The highest BCUT2D eigenvalue weighted by Gasteiger charge is 2.54. The molecule has 35 heavy (non-hydrogen) atoms. The van der Waals surface area contributed by atoms with E-state index in [1.807, 2.05) is 0 Å². The second-order valence-electron chi connectivity index (χ2n) is 7.62. The Morgan fingerprint density at radius 3 is 2.80 bits per heavy atom. The molecule has 2 aliphatic rings. The van der Waals surface area contributed by atoms with Crippen molar-refractivity contribution in [2.24, 2.45) is 11.5 Å². The number of hydrogen-bond acceptors (Lipinski definition) is 10. The van der Waals surface area contributed by atoms with Gasteiger partial charge in [-0.15, -0.1) is 22.0 Å². The number of amides is 4. The molecule has 1 saturated heterocycles. The minimum Gasteiger partial charge on any atom is -0.477 e. The van der Waals surface area contributed by atoms with Crippen molar-refractivity contribution in [3.05, 3.63) is 41.1 Å². The van der Waals surface area contributed by atoms with E-state index in [4.69, 9.17) is 11.5 Å². The van der Waals surface area contributed by atoms with Gasteiger partial charge in [0.2, 0.25) is 11.1 Å². The van der Waals surface area contributed by atoms with Gasteiger partial charge >= 0.3 is 12.0 Å². The highest BCUT2D eigenvalue weighted by molar-refractivity contribution is 8.01. The number of H-pyrrole nitrogens is 1. The average Bonchev–Trinajstić information content (AvgIpc) is 3.33. The summed E-state index contributed by atoms with van der Waals surface area (Å²) in [4.78, 5) is 50.0. The van der Waals surface area contributed by atoms with Crippen molar-refractivity contribution in [3.8, 4) is 0 Å². The highest BCUT2D eigenvalue weighted by atomic mass is 32.2. The number of carboxylic acids is 1. The number of tetrazole rings is 1. The van der Waals surface area contributed by atoms with Gasteiger partial charge in [-0.05, 0) is 35.4 Å². The predicted molar refractivity (Wildman–Crippen MR) is 126 cm³/mol. The summed E-state index contributed by atoms with van der Waals surface area (Å²) in [5.74, 6) is -2.06. The lowest BCUT2D eigenvalue weighted by molar-refractivity contribution is -0.150. The summed E-state index contributed by atoms with van der Waals surface area (Å²) in [7, 11) is 0. The van der Waals surface area contributed by atoms with Gasteiger partial charge in [-0.2, -0.15) is 5.21 Å². The molecular weight excluding hydrogens is 498 g/mol. The molecule has 184 valence electrons. The quantitative estimate of drug-likeness (QED) is 0.195. The lowest BCUT2D eigenvalue weighted by atomic mass is 10.00. The lowest BCUT2D eigenvalue weighted by Crippen LogP contribution is -2.71. The number of benzene rings is 1. The lowest BCUT2D eigenvalue weighted by Gasteiger charge is -2.50. The molecule has 2 aliphatic heterocycles. The fraction of sp³-hybridized carbons (Fsp3) is 0.316. The Hall–Kier alpha value is -3.63. The largest absolute Gasteiger partial charge is 0.477 e. The first kappa shape index (κ1) is 24.5. The molecule has 16 heteroatoms. The molecule has 3 heterocycles. The summed E-state index contributed by atoms with van der Waals surface area (Å²) >= 11 is 2.56. The number of hydrogen-bond donors (Lipinski definition) is 6. The third-order valence-corrected chi connectivity index (χ3v) is 7.72. The first-order valence-corrected chi connectivity index (χ1v) is 12.1. The number of thioether (sulfide) groups is 2. The molecule has 1 fully saturated rings. The molecule has 0 saturated carbocycles. The number of urea groups is 1. The number of β-lactam (4-membered cyclic amide) rings is 1. The Balaban J connectivity index is 1.47. The zero-order valence-electron chi connectivity index (χ0n) is 18.2. The molecule has 14 nitrogen and oxygen atoms in total. The molecule has 0 aliphatic carbocycles. The molecule has 3 unspecified atom stereocenters. The molecule has 8 N–H and O–H groups in total. The van der Waals surface area contributed by atoms with E-state index in [2.05, 4.69) is 31.3 Å². The summed E-state index contributed by atoms with van der Waals surface area (Å²) in [6, 6.07) is 3.46. The fourth-order valence-electron chi connectivity index (χ4n) is 3.73. The van der Waals surface area contributed by atoms with Gasteiger partial charge in [-0.3, -0.25) is 14.5 Å². The second-order valence-corrected chi connectivity index (χ2v) is 10.0. The van der Waals surface area contributed by atoms with Crippen LogP contribution in [0.25, 0.3) is 0 Å². The van der Waals surface area contributed by atoms with Crippen molar-refractivity contribution in [2.75, 3.05) is 11.1 Å². The number of nitrogens with two attached hydrogens (primary N) is 2. The van der Waals surface area contributed by atoms with Gasteiger partial charge in [0.15, 0.2) is 0 Å². The van der Waals surface area contributed by atoms with E-state index in [1.54, 1.807) is 25.1 Å². The third kappa shape index (κ3) is 4.94.